The number of aliphatic hydroxyl groups is 2. The first-order valence-electron chi connectivity index (χ1n) is 17.2. The van der Waals surface area contributed by atoms with E-state index in [0.717, 1.165) is 33.9 Å². The summed E-state index contributed by atoms with van der Waals surface area (Å²) in [5, 5.41) is 34.9. The third kappa shape index (κ3) is 11.6. The molecule has 0 bridgehead atoms. The van der Waals surface area contributed by atoms with Crippen molar-refractivity contribution in [1.82, 2.24) is 0 Å². The summed E-state index contributed by atoms with van der Waals surface area (Å²) in [6.07, 6.45) is 1.89. The Hall–Kier alpha value is -5.84. The van der Waals surface area contributed by atoms with Gasteiger partial charge in [0.15, 0.2) is 0 Å². The molecule has 0 amide bonds. The largest absolute Gasteiger partial charge is 0.491 e. The molecule has 0 heterocycles. The topological polar surface area (TPSA) is 96.6 Å². The summed E-state index contributed by atoms with van der Waals surface area (Å²) in [5.74, 6) is 1.08. The van der Waals surface area contributed by atoms with Crippen LogP contribution in [0.3, 0.4) is 0 Å². The number of hydrogen-bond acceptors (Lipinski definition) is 10. The van der Waals surface area contributed by atoms with Gasteiger partial charge in [0.2, 0.25) is 0 Å². The highest BCUT2D eigenvalue weighted by atomic mass is 16.5. The third-order valence-corrected chi connectivity index (χ3v) is 8.08. The lowest BCUT2D eigenvalue weighted by Crippen LogP contribution is -2.33. The molecule has 2 atom stereocenters. The van der Waals surface area contributed by atoms with Gasteiger partial charge in [0.05, 0.1) is 36.9 Å². The maximum Gasteiger partial charge on any atom is 0.123 e. The monoisotopic (exact) mass is 700 g/mol. The molecule has 270 valence electrons. The Morgan fingerprint density at radius 1 is 0.500 bits per heavy atom. The van der Waals surface area contributed by atoms with Crippen LogP contribution in [0.25, 0.3) is 0 Å². The van der Waals surface area contributed by atoms with Gasteiger partial charge in [-0.05, 0) is 71.8 Å². The highest BCUT2D eigenvalue weighted by Gasteiger charge is 2.15. The minimum atomic E-state index is -0.838. The van der Waals surface area contributed by atoms with Gasteiger partial charge in [0.25, 0.3) is 0 Å². The van der Waals surface area contributed by atoms with E-state index in [4.69, 9.17) is 9.47 Å². The fourth-order valence-electron chi connectivity index (χ4n) is 5.17. The van der Waals surface area contributed by atoms with Crippen LogP contribution in [0.5, 0.6) is 11.5 Å². The molecule has 0 aromatic heterocycles. The first-order valence-corrected chi connectivity index (χ1v) is 17.2. The second kappa shape index (κ2) is 19.0. The Morgan fingerprint density at radius 2 is 0.885 bits per heavy atom. The van der Waals surface area contributed by atoms with Crippen molar-refractivity contribution in [3.8, 4) is 11.5 Å². The molecule has 0 aliphatic heterocycles. The van der Waals surface area contributed by atoms with E-state index in [1.807, 2.05) is 153 Å². The van der Waals surface area contributed by atoms with Gasteiger partial charge < -0.3 is 29.5 Å². The van der Waals surface area contributed by atoms with Gasteiger partial charge in [0.1, 0.15) is 36.9 Å². The van der Waals surface area contributed by atoms with Crippen LogP contribution in [0, 0.1) is 0 Å². The van der Waals surface area contributed by atoms with Gasteiger partial charge in [-0.2, -0.15) is 10.2 Å². The lowest BCUT2D eigenvalue weighted by molar-refractivity contribution is 0.108. The molecular formula is C42H48N6O4. The molecule has 0 fully saturated rings. The zero-order valence-corrected chi connectivity index (χ0v) is 30.2. The maximum absolute atomic E-state index is 11.0. The number of hydrogen-bond donors (Lipinski definition) is 2. The Labute approximate surface area is 307 Å². The average molecular weight is 701 g/mol. The molecule has 5 rings (SSSR count). The summed E-state index contributed by atoms with van der Waals surface area (Å²) >= 11 is 0. The zero-order valence-electron chi connectivity index (χ0n) is 30.2. The molecule has 2 unspecified atom stereocenters. The number of aliphatic hydroxyl groups excluding tert-OH is 2. The second-order valence-electron chi connectivity index (χ2n) is 12.7. The number of nitrogens with zero attached hydrogens (tertiary/aromatic N) is 6. The van der Waals surface area contributed by atoms with Crippen molar-refractivity contribution in [1.29, 1.82) is 0 Å². The van der Waals surface area contributed by atoms with Crippen LogP contribution in [-0.4, -0.2) is 89.3 Å². The quantitative estimate of drug-likeness (QED) is 0.0804. The minimum absolute atomic E-state index is 0.0460. The SMILES string of the molecule is CN(C)c1ccc(/C=N/N(CC(O)COc2cccc(OCC(O)CN(/N=C/c3ccc(N(C)C)cc3)c3ccccc3)c2)c2ccccc2)cc1. The van der Waals surface area contributed by atoms with E-state index in [9.17, 15) is 10.2 Å². The summed E-state index contributed by atoms with van der Waals surface area (Å²) < 4.78 is 11.9. The lowest BCUT2D eigenvalue weighted by Gasteiger charge is -2.23. The van der Waals surface area contributed by atoms with Crippen LogP contribution in [0.1, 0.15) is 11.1 Å². The van der Waals surface area contributed by atoms with Crippen molar-refractivity contribution in [3.63, 3.8) is 0 Å². The van der Waals surface area contributed by atoms with Crippen molar-refractivity contribution in [2.45, 2.75) is 12.2 Å². The molecule has 52 heavy (non-hydrogen) atoms. The standard InChI is InChI=1S/C42H48N6O4/c1-45(2)35-22-18-33(19-23-35)27-43-47(37-12-7-5-8-13-37)29-39(49)31-51-41-16-11-17-42(26-41)52-32-40(50)30-48(38-14-9-6-10-15-38)44-28-34-20-24-36(25-21-34)46(3)4/h5-28,39-40,49-50H,29-32H2,1-4H3/b43-27+,44-28+. The first-order chi connectivity index (χ1) is 25.2. The van der Waals surface area contributed by atoms with Crippen LogP contribution in [0.15, 0.2) is 144 Å². The van der Waals surface area contributed by atoms with Crippen molar-refractivity contribution in [3.05, 3.63) is 145 Å². The van der Waals surface area contributed by atoms with Crippen LogP contribution < -0.4 is 29.3 Å². The molecular weight excluding hydrogens is 652 g/mol. The van der Waals surface area contributed by atoms with E-state index in [1.165, 1.54) is 0 Å². The van der Waals surface area contributed by atoms with Crippen LogP contribution in [0.2, 0.25) is 0 Å². The highest BCUT2D eigenvalue weighted by Crippen LogP contribution is 2.22. The Morgan fingerprint density at radius 3 is 1.25 bits per heavy atom. The third-order valence-electron chi connectivity index (χ3n) is 8.08. The first kappa shape index (κ1) is 37.4. The summed E-state index contributed by atoms with van der Waals surface area (Å²) in [4.78, 5) is 4.09. The number of benzene rings is 5. The Bertz CT molecular complexity index is 1700. The van der Waals surface area contributed by atoms with Gasteiger partial charge >= 0.3 is 0 Å². The van der Waals surface area contributed by atoms with Crippen molar-refractivity contribution >= 4 is 35.2 Å². The van der Waals surface area contributed by atoms with Gasteiger partial charge in [-0.3, -0.25) is 10.0 Å². The molecule has 5 aromatic rings. The average Bonchev–Trinajstić information content (AvgIpc) is 3.17. The van der Waals surface area contributed by atoms with E-state index >= 15 is 0 Å². The van der Waals surface area contributed by atoms with Crippen LogP contribution >= 0.6 is 0 Å². The molecule has 2 N–H and O–H groups in total. The van der Waals surface area contributed by atoms with Gasteiger partial charge in [-0.25, -0.2) is 0 Å². The molecule has 0 aliphatic carbocycles. The number of ether oxygens (including phenoxy) is 2. The number of anilines is 4. The minimum Gasteiger partial charge on any atom is -0.491 e. The number of rotatable bonds is 18. The van der Waals surface area contributed by atoms with Crippen LogP contribution in [-0.2, 0) is 0 Å². The smallest absolute Gasteiger partial charge is 0.123 e. The van der Waals surface area contributed by atoms with E-state index < -0.39 is 12.2 Å². The molecule has 10 heteroatoms. The Balaban J connectivity index is 1.15. The molecule has 0 spiro atoms. The fraction of sp³-hybridized carbons (Fsp3) is 0.238. The molecule has 0 radical (unpaired) electrons. The molecule has 10 nitrogen and oxygen atoms in total. The van der Waals surface area contributed by atoms with Crippen molar-refractivity contribution in [2.75, 3.05) is 74.3 Å². The predicted octanol–water partition coefficient (Wildman–Crippen LogP) is 6.38. The van der Waals surface area contributed by atoms with E-state index in [-0.39, 0.29) is 26.3 Å². The summed E-state index contributed by atoms with van der Waals surface area (Å²) in [5.41, 5.74) is 5.82. The normalized spacial score (nSPS) is 12.4. The maximum atomic E-state index is 11.0. The fourth-order valence-corrected chi connectivity index (χ4v) is 5.17. The zero-order chi connectivity index (χ0) is 36.7. The lowest BCUT2D eigenvalue weighted by atomic mass is 10.2. The van der Waals surface area contributed by atoms with Gasteiger partial charge in [-0.1, -0.05) is 66.7 Å². The van der Waals surface area contributed by atoms with E-state index in [2.05, 4.69) is 10.2 Å². The predicted molar refractivity (Wildman–Crippen MR) is 214 cm³/mol. The molecule has 0 aliphatic rings. The van der Waals surface area contributed by atoms with Crippen LogP contribution in [0.4, 0.5) is 22.7 Å². The van der Waals surface area contributed by atoms with Gasteiger partial charge in [-0.15, -0.1) is 0 Å². The molecule has 5 aromatic carbocycles. The van der Waals surface area contributed by atoms with Gasteiger partial charge in [0, 0.05) is 45.6 Å². The van der Waals surface area contributed by atoms with E-state index in [1.54, 1.807) is 40.6 Å². The molecule has 0 saturated heterocycles. The molecule has 0 saturated carbocycles. The van der Waals surface area contributed by atoms with Crippen molar-refractivity contribution < 1.29 is 19.7 Å². The Kier molecular flexibility index (Phi) is 13.6. The summed E-state index contributed by atoms with van der Waals surface area (Å²) in [7, 11) is 8.01. The number of hydrazone groups is 2. The second-order valence-corrected chi connectivity index (χ2v) is 12.7. The van der Waals surface area contributed by atoms with E-state index in [0.29, 0.717) is 11.5 Å². The summed E-state index contributed by atoms with van der Waals surface area (Å²) in [6, 6.07) is 42.8. The van der Waals surface area contributed by atoms with Crippen molar-refractivity contribution in [2.24, 2.45) is 10.2 Å². The summed E-state index contributed by atoms with van der Waals surface area (Å²) in [6.45, 7) is 0.537. The highest BCUT2D eigenvalue weighted by molar-refractivity contribution is 5.82. The number of para-hydroxylation sites is 2.